The van der Waals surface area contributed by atoms with Crippen molar-refractivity contribution < 1.29 is 0 Å². The number of aromatic nitrogens is 1. The van der Waals surface area contributed by atoms with Gasteiger partial charge in [0.25, 0.3) is 0 Å². The average Bonchev–Trinajstić information content (AvgIpc) is 2.96. The van der Waals surface area contributed by atoms with Crippen molar-refractivity contribution >= 4 is 39.9 Å². The van der Waals surface area contributed by atoms with Crippen LogP contribution in [0.3, 0.4) is 0 Å². The van der Waals surface area contributed by atoms with Gasteiger partial charge in [-0.1, -0.05) is 117 Å². The Hall–Kier alpha value is -4.43. The van der Waals surface area contributed by atoms with Crippen LogP contribution >= 0.6 is 0 Å². The van der Waals surface area contributed by atoms with Crippen molar-refractivity contribution in [1.82, 2.24) is 4.98 Å². The summed E-state index contributed by atoms with van der Waals surface area (Å²) in [5.74, 6) is 0. The van der Waals surface area contributed by atoms with E-state index in [9.17, 15) is 0 Å². The summed E-state index contributed by atoms with van der Waals surface area (Å²) in [6, 6.07) is 24.3. The molecule has 2 aliphatic rings. The maximum absolute atomic E-state index is 5.05. The van der Waals surface area contributed by atoms with Crippen molar-refractivity contribution in [2.24, 2.45) is 0 Å². The van der Waals surface area contributed by atoms with Gasteiger partial charge in [0.2, 0.25) is 0 Å². The minimum Gasteiger partial charge on any atom is -0.377 e. The van der Waals surface area contributed by atoms with Gasteiger partial charge >= 0.3 is 0 Å². The fourth-order valence-electron chi connectivity index (χ4n) is 5.32. The molecule has 2 nitrogen and oxygen atoms in total. The molecular weight excluding hydrogens is 460 g/mol. The molecule has 186 valence electrons. The first-order valence-corrected chi connectivity index (χ1v) is 13.5. The van der Waals surface area contributed by atoms with Crippen LogP contribution in [0.2, 0.25) is 0 Å². The Bertz CT molecular complexity index is 1660. The molecule has 0 saturated carbocycles. The molecule has 2 heterocycles. The Morgan fingerprint density at radius 2 is 1.68 bits per heavy atom. The lowest BCUT2D eigenvalue weighted by molar-refractivity contribution is 0.991. The van der Waals surface area contributed by atoms with E-state index in [1.165, 1.54) is 44.3 Å². The second-order valence-corrected chi connectivity index (χ2v) is 10.1. The molecule has 1 aliphatic heterocycles. The summed E-state index contributed by atoms with van der Waals surface area (Å²) in [4.78, 5) is 5.05. The summed E-state index contributed by atoms with van der Waals surface area (Å²) in [5.41, 5.74) is 12.7. The van der Waals surface area contributed by atoms with Crippen molar-refractivity contribution in [3.63, 3.8) is 0 Å². The van der Waals surface area contributed by atoms with Gasteiger partial charge in [-0.2, -0.15) is 0 Å². The van der Waals surface area contributed by atoms with Gasteiger partial charge in [0.1, 0.15) is 0 Å². The van der Waals surface area contributed by atoms with Crippen LogP contribution in [0.25, 0.3) is 45.3 Å². The first-order valence-electron chi connectivity index (χ1n) is 13.5. The maximum atomic E-state index is 5.05. The third kappa shape index (κ3) is 4.54. The minimum atomic E-state index is 0.293. The van der Waals surface area contributed by atoms with Crippen molar-refractivity contribution in [2.45, 2.75) is 32.7 Å². The van der Waals surface area contributed by atoms with Crippen LogP contribution in [0.15, 0.2) is 104 Å². The first kappa shape index (κ1) is 23.9. The molecule has 1 unspecified atom stereocenters. The third-order valence-electron chi connectivity index (χ3n) is 7.44. The van der Waals surface area contributed by atoms with E-state index < -0.39 is 0 Å². The summed E-state index contributed by atoms with van der Waals surface area (Å²) in [6.45, 7) is 8.67. The number of nitrogens with one attached hydrogen (secondary N) is 1. The Morgan fingerprint density at radius 3 is 2.53 bits per heavy atom. The van der Waals surface area contributed by atoms with E-state index in [1.807, 2.05) is 0 Å². The van der Waals surface area contributed by atoms with Crippen LogP contribution in [-0.4, -0.2) is 11.0 Å². The summed E-state index contributed by atoms with van der Waals surface area (Å²) < 4.78 is 0. The molecule has 1 aliphatic carbocycles. The highest BCUT2D eigenvalue weighted by Gasteiger charge is 2.17. The van der Waals surface area contributed by atoms with E-state index >= 15 is 0 Å². The number of benzene rings is 3. The largest absolute Gasteiger partial charge is 0.377 e. The van der Waals surface area contributed by atoms with Gasteiger partial charge in [-0.05, 0) is 70.4 Å². The lowest BCUT2D eigenvalue weighted by atomic mass is 9.93. The molecule has 2 heteroatoms. The number of aryl methyl sites for hydroxylation is 1. The van der Waals surface area contributed by atoms with Gasteiger partial charge in [0.05, 0.1) is 11.2 Å². The number of pyridine rings is 1. The standard InChI is InChI=1S/C36H32N2/c1-4-31-23-34(33-22-21-30-16-14-25(3)37-35(30)36(33)38-31)29-19-17-27(18-20-29)26-9-5-6-10-28-11-7-8-12-32(28)24(2)13-15-26/h6-23,25,37H,2,4-5H2,1,3H3/b10-6-,15-13-,26-9+. The average molecular weight is 493 g/mol. The van der Waals surface area contributed by atoms with Gasteiger partial charge in [0, 0.05) is 17.1 Å². The molecule has 0 amide bonds. The zero-order valence-corrected chi connectivity index (χ0v) is 22.0. The molecule has 1 N–H and O–H groups in total. The van der Waals surface area contributed by atoms with Crippen LogP contribution in [0.4, 0.5) is 5.69 Å². The Balaban J connectivity index is 1.38. The van der Waals surface area contributed by atoms with Crippen molar-refractivity contribution in [2.75, 3.05) is 5.32 Å². The quantitative estimate of drug-likeness (QED) is 0.308. The monoisotopic (exact) mass is 492 g/mol. The second kappa shape index (κ2) is 10.1. The minimum absolute atomic E-state index is 0.293. The van der Waals surface area contributed by atoms with E-state index in [1.54, 1.807) is 0 Å². The molecule has 0 spiro atoms. The predicted octanol–water partition coefficient (Wildman–Crippen LogP) is 9.36. The molecule has 0 saturated heterocycles. The number of allylic oxidation sites excluding steroid dienone is 6. The van der Waals surface area contributed by atoms with Gasteiger partial charge in [-0.15, -0.1) is 0 Å². The molecule has 4 aromatic rings. The molecule has 0 bridgehead atoms. The molecular formula is C36H32N2. The van der Waals surface area contributed by atoms with E-state index in [0.29, 0.717) is 6.04 Å². The number of anilines is 1. The summed E-state index contributed by atoms with van der Waals surface area (Å²) in [6.07, 6.45) is 17.2. The molecule has 3 aromatic carbocycles. The van der Waals surface area contributed by atoms with Gasteiger partial charge in [0.15, 0.2) is 0 Å². The zero-order chi connectivity index (χ0) is 26.1. The summed E-state index contributed by atoms with van der Waals surface area (Å²) in [5, 5.41) is 4.82. The SMILES string of the molecule is C=C1/C=C\C(c2ccc(-c3cc(CC)nc4c5c(ccc34)C=CC(C)N5)cc2)=C/C/C=C\c2ccccc21. The number of rotatable bonds is 3. The van der Waals surface area contributed by atoms with Crippen molar-refractivity contribution in [3.05, 3.63) is 132 Å². The van der Waals surface area contributed by atoms with Crippen LogP contribution in [0.5, 0.6) is 0 Å². The van der Waals surface area contributed by atoms with E-state index in [2.05, 4.69) is 135 Å². The Kier molecular flexibility index (Phi) is 6.39. The number of hydrogen-bond acceptors (Lipinski definition) is 2. The lowest BCUT2D eigenvalue weighted by Gasteiger charge is -2.22. The van der Waals surface area contributed by atoms with Crippen LogP contribution in [0, 0.1) is 0 Å². The van der Waals surface area contributed by atoms with E-state index in [4.69, 9.17) is 4.98 Å². The molecule has 6 rings (SSSR count). The van der Waals surface area contributed by atoms with Gasteiger partial charge in [-0.3, -0.25) is 4.98 Å². The smallest absolute Gasteiger partial charge is 0.0949 e. The predicted molar refractivity (Wildman–Crippen MR) is 165 cm³/mol. The number of fused-ring (bicyclic) bond motifs is 4. The molecule has 1 atom stereocenters. The van der Waals surface area contributed by atoms with Gasteiger partial charge < -0.3 is 5.32 Å². The zero-order valence-electron chi connectivity index (χ0n) is 22.0. The second-order valence-electron chi connectivity index (χ2n) is 10.1. The van der Waals surface area contributed by atoms with Crippen LogP contribution in [-0.2, 0) is 6.42 Å². The lowest BCUT2D eigenvalue weighted by Crippen LogP contribution is -2.16. The van der Waals surface area contributed by atoms with Crippen LogP contribution < -0.4 is 5.32 Å². The van der Waals surface area contributed by atoms with E-state index in [-0.39, 0.29) is 0 Å². The number of nitrogens with zero attached hydrogens (tertiary/aromatic N) is 1. The highest BCUT2D eigenvalue weighted by Crippen LogP contribution is 2.37. The fraction of sp³-hybridized carbons (Fsp3) is 0.139. The Morgan fingerprint density at radius 1 is 0.868 bits per heavy atom. The highest BCUT2D eigenvalue weighted by atomic mass is 14.9. The Labute approximate surface area is 225 Å². The summed E-state index contributed by atoms with van der Waals surface area (Å²) >= 11 is 0. The van der Waals surface area contributed by atoms with E-state index in [0.717, 1.165) is 35.3 Å². The molecule has 1 aromatic heterocycles. The molecule has 0 radical (unpaired) electrons. The number of hydrogen-bond donors (Lipinski definition) is 1. The normalized spacial score (nSPS) is 19.6. The third-order valence-corrected chi connectivity index (χ3v) is 7.44. The molecule has 0 fully saturated rings. The first-order chi connectivity index (χ1) is 18.6. The van der Waals surface area contributed by atoms with Gasteiger partial charge in [-0.25, -0.2) is 0 Å². The summed E-state index contributed by atoms with van der Waals surface area (Å²) in [7, 11) is 0. The topological polar surface area (TPSA) is 24.9 Å². The fourth-order valence-corrected chi connectivity index (χ4v) is 5.32. The van der Waals surface area contributed by atoms with Crippen molar-refractivity contribution in [1.29, 1.82) is 0 Å². The van der Waals surface area contributed by atoms with Crippen LogP contribution in [0.1, 0.15) is 48.2 Å². The van der Waals surface area contributed by atoms with Crippen molar-refractivity contribution in [3.8, 4) is 11.1 Å². The molecule has 38 heavy (non-hydrogen) atoms. The maximum Gasteiger partial charge on any atom is 0.0949 e. The highest BCUT2D eigenvalue weighted by molar-refractivity contribution is 6.04.